The number of nitrogens with one attached hydrogen (secondary N) is 1. The molecule has 3 aliphatic rings. The molecule has 1 N–H and O–H groups in total. The second-order valence-electron chi connectivity index (χ2n) is 12.1. The Kier molecular flexibility index (Phi) is 6.56. The van der Waals surface area contributed by atoms with E-state index in [1.807, 2.05) is 39.8 Å². The molecule has 8 heteroatoms. The monoisotopic (exact) mass is 545 g/mol. The number of rotatable bonds is 5. The van der Waals surface area contributed by atoms with Crippen LogP contribution in [0, 0.1) is 26.7 Å². The largest absolute Gasteiger partial charge is 0.472 e. The molecule has 40 heavy (non-hydrogen) atoms. The number of carbonyl (C=O) groups excluding carboxylic acids is 1. The summed E-state index contributed by atoms with van der Waals surface area (Å²) in [6.45, 7) is 8.57. The normalized spacial score (nSPS) is 24.1. The van der Waals surface area contributed by atoms with Gasteiger partial charge in [0.2, 0.25) is 0 Å². The maximum absolute atomic E-state index is 14.1. The average Bonchev–Trinajstić information content (AvgIpc) is 3.56. The minimum Gasteiger partial charge on any atom is -0.472 e. The van der Waals surface area contributed by atoms with E-state index in [0.29, 0.717) is 41.6 Å². The van der Waals surface area contributed by atoms with Crippen LogP contribution in [-0.4, -0.2) is 53.2 Å². The lowest BCUT2D eigenvalue weighted by Gasteiger charge is -2.39. The highest BCUT2D eigenvalue weighted by molar-refractivity contribution is 6.02. The molecule has 0 spiro atoms. The van der Waals surface area contributed by atoms with E-state index in [-0.39, 0.29) is 23.9 Å². The molecule has 0 bridgehead atoms. The summed E-state index contributed by atoms with van der Waals surface area (Å²) < 4.78 is 19.0. The van der Waals surface area contributed by atoms with Gasteiger partial charge >= 0.3 is 0 Å². The number of hydrogen-bond acceptors (Lipinski definition) is 6. The van der Waals surface area contributed by atoms with Crippen LogP contribution in [0.1, 0.15) is 70.9 Å². The van der Waals surface area contributed by atoms with E-state index in [4.69, 9.17) is 13.9 Å². The van der Waals surface area contributed by atoms with Crippen molar-refractivity contribution < 1.29 is 18.7 Å². The first-order valence-electron chi connectivity index (χ1n) is 14.3. The molecule has 1 fully saturated rings. The van der Waals surface area contributed by atoms with Gasteiger partial charge < -0.3 is 28.7 Å². The Hall–Kier alpha value is -3.52. The van der Waals surface area contributed by atoms with E-state index in [0.717, 1.165) is 59.2 Å². The number of benzene rings is 1. The Morgan fingerprint density at radius 3 is 2.42 bits per heavy atom. The van der Waals surface area contributed by atoms with Crippen molar-refractivity contribution in [1.29, 1.82) is 0 Å². The number of aromatic amines is 1. The Morgan fingerprint density at radius 2 is 1.77 bits per heavy atom. The van der Waals surface area contributed by atoms with Gasteiger partial charge in [-0.15, -0.1) is 0 Å². The van der Waals surface area contributed by atoms with Gasteiger partial charge in [0, 0.05) is 53.4 Å². The zero-order valence-corrected chi connectivity index (χ0v) is 24.3. The highest BCUT2D eigenvalue weighted by Crippen LogP contribution is 2.55. The fourth-order valence-corrected chi connectivity index (χ4v) is 6.99. The lowest BCUT2D eigenvalue weighted by Crippen LogP contribution is -2.46. The van der Waals surface area contributed by atoms with Crippen molar-refractivity contribution in [3.05, 3.63) is 68.5 Å². The van der Waals surface area contributed by atoms with Crippen LogP contribution < -0.4 is 15.0 Å². The Morgan fingerprint density at radius 1 is 1.05 bits per heavy atom. The van der Waals surface area contributed by atoms with Crippen molar-refractivity contribution in [2.75, 3.05) is 20.6 Å². The fourth-order valence-electron chi connectivity index (χ4n) is 6.99. The van der Waals surface area contributed by atoms with E-state index in [1.165, 1.54) is 0 Å². The molecule has 2 aromatic heterocycles. The number of amides is 1. The SMILES string of the molecule is Cc1cc(C)c(CN2CCc3c(c(C)c4c(c3-c3ccoc3)O[C@](C)([C@H]3CC[C@H](N(C)C)CC3)O4)C2=O)c(=O)[nH]1. The van der Waals surface area contributed by atoms with Crippen LogP contribution in [0.15, 0.2) is 33.9 Å². The Labute approximate surface area is 235 Å². The topological polar surface area (TPSA) is 88.0 Å². The maximum atomic E-state index is 14.1. The van der Waals surface area contributed by atoms with Gasteiger partial charge in [0.05, 0.1) is 24.6 Å². The number of pyridine rings is 1. The van der Waals surface area contributed by atoms with E-state index in [1.54, 1.807) is 17.4 Å². The molecule has 1 atom stereocenters. The Bertz CT molecular complexity index is 1510. The number of fused-ring (bicyclic) bond motifs is 2. The molecular weight excluding hydrogens is 506 g/mol. The predicted molar refractivity (Wildman–Crippen MR) is 153 cm³/mol. The fraction of sp³-hybridized carbons (Fsp3) is 0.500. The summed E-state index contributed by atoms with van der Waals surface area (Å²) >= 11 is 0. The maximum Gasteiger partial charge on any atom is 0.254 e. The van der Waals surface area contributed by atoms with E-state index in [9.17, 15) is 9.59 Å². The lowest BCUT2D eigenvalue weighted by molar-refractivity contribution is -0.123. The molecule has 4 heterocycles. The van der Waals surface area contributed by atoms with Crippen molar-refractivity contribution in [3.8, 4) is 22.6 Å². The second kappa shape index (κ2) is 9.84. The third-order valence-corrected chi connectivity index (χ3v) is 9.32. The molecule has 1 aliphatic carbocycles. The van der Waals surface area contributed by atoms with E-state index < -0.39 is 5.79 Å². The number of aryl methyl sites for hydroxylation is 2. The number of carbonyl (C=O) groups is 1. The van der Waals surface area contributed by atoms with Gasteiger partial charge in [-0.2, -0.15) is 0 Å². The molecule has 6 rings (SSSR count). The predicted octanol–water partition coefficient (Wildman–Crippen LogP) is 5.37. The summed E-state index contributed by atoms with van der Waals surface area (Å²) in [5, 5.41) is 0. The van der Waals surface area contributed by atoms with Gasteiger partial charge in [-0.05, 0) is 90.2 Å². The van der Waals surface area contributed by atoms with Crippen LogP contribution >= 0.6 is 0 Å². The van der Waals surface area contributed by atoms with Crippen molar-refractivity contribution >= 4 is 5.91 Å². The van der Waals surface area contributed by atoms with Gasteiger partial charge in [-0.1, -0.05) is 0 Å². The number of H-pyrrole nitrogens is 1. The molecule has 0 saturated heterocycles. The first-order valence-corrected chi connectivity index (χ1v) is 14.3. The minimum absolute atomic E-state index is 0.0886. The highest BCUT2D eigenvalue weighted by atomic mass is 16.7. The van der Waals surface area contributed by atoms with Crippen LogP contribution in [0.4, 0.5) is 0 Å². The van der Waals surface area contributed by atoms with Crippen LogP contribution in [0.25, 0.3) is 11.1 Å². The van der Waals surface area contributed by atoms with Gasteiger partial charge in [0.25, 0.3) is 17.3 Å². The van der Waals surface area contributed by atoms with E-state index >= 15 is 0 Å². The molecule has 212 valence electrons. The van der Waals surface area contributed by atoms with Crippen LogP contribution in [0.3, 0.4) is 0 Å². The van der Waals surface area contributed by atoms with Crippen LogP contribution in [-0.2, 0) is 13.0 Å². The van der Waals surface area contributed by atoms with Gasteiger partial charge in [-0.25, -0.2) is 0 Å². The molecule has 2 aliphatic heterocycles. The van der Waals surface area contributed by atoms with Crippen molar-refractivity contribution in [2.24, 2.45) is 5.92 Å². The first-order chi connectivity index (χ1) is 19.1. The molecule has 1 amide bonds. The summed E-state index contributed by atoms with van der Waals surface area (Å²) in [6.07, 6.45) is 8.24. The number of aromatic nitrogens is 1. The first kappa shape index (κ1) is 26.7. The van der Waals surface area contributed by atoms with Gasteiger partial charge in [0.15, 0.2) is 11.5 Å². The summed E-state index contributed by atoms with van der Waals surface area (Å²) in [7, 11) is 4.29. The molecule has 0 unspecified atom stereocenters. The molecule has 3 aromatic rings. The van der Waals surface area contributed by atoms with Crippen molar-refractivity contribution in [1.82, 2.24) is 14.8 Å². The van der Waals surface area contributed by atoms with Gasteiger partial charge in [0.1, 0.15) is 0 Å². The molecular formula is C32H39N3O5. The third kappa shape index (κ3) is 4.33. The standard InChI is InChI=1S/C32H39N3O5/c1-18-15-19(2)33-30(36)25(18)16-35-13-11-24-26(31(35)37)20(3)28-29(27(24)21-12-14-38-17-21)40-32(4,39-28)22-7-9-23(10-8-22)34(5)6/h12,14-15,17,22-23H,7-11,13,16H2,1-6H3,(H,33,36)/t22-,23-,32-/m1/s1. The number of furan rings is 1. The number of hydrogen-bond donors (Lipinski definition) is 1. The Balaban J connectivity index is 1.38. The molecule has 1 aromatic carbocycles. The summed E-state index contributed by atoms with van der Waals surface area (Å²) in [5.74, 6) is 0.707. The van der Waals surface area contributed by atoms with Gasteiger partial charge in [-0.3, -0.25) is 9.59 Å². The number of ether oxygens (including phenoxy) is 2. The number of nitrogens with zero attached hydrogens (tertiary/aromatic N) is 2. The lowest BCUT2D eigenvalue weighted by atomic mass is 9.81. The van der Waals surface area contributed by atoms with E-state index in [2.05, 4.69) is 24.0 Å². The molecule has 0 radical (unpaired) electrons. The molecule has 8 nitrogen and oxygen atoms in total. The highest BCUT2D eigenvalue weighted by Gasteiger charge is 2.49. The van der Waals surface area contributed by atoms with Crippen LogP contribution in [0.5, 0.6) is 11.5 Å². The quantitative estimate of drug-likeness (QED) is 0.464. The zero-order valence-electron chi connectivity index (χ0n) is 24.3. The van der Waals surface area contributed by atoms with Crippen LogP contribution in [0.2, 0.25) is 0 Å². The average molecular weight is 546 g/mol. The third-order valence-electron chi connectivity index (χ3n) is 9.32. The van der Waals surface area contributed by atoms with Crippen molar-refractivity contribution in [2.45, 2.75) is 78.2 Å². The van der Waals surface area contributed by atoms with Crippen molar-refractivity contribution in [3.63, 3.8) is 0 Å². The molecule has 1 saturated carbocycles. The second-order valence-corrected chi connectivity index (χ2v) is 12.1. The summed E-state index contributed by atoms with van der Waals surface area (Å²) in [6, 6.07) is 4.44. The zero-order chi connectivity index (χ0) is 28.3. The summed E-state index contributed by atoms with van der Waals surface area (Å²) in [5.41, 5.74) is 6.34. The summed E-state index contributed by atoms with van der Waals surface area (Å²) in [4.78, 5) is 33.8. The minimum atomic E-state index is -0.804. The smallest absolute Gasteiger partial charge is 0.254 e.